The molecule has 0 aliphatic rings. The van der Waals surface area contributed by atoms with Crippen LogP contribution in [0.25, 0.3) is 11.0 Å². The van der Waals surface area contributed by atoms with E-state index in [0.29, 0.717) is 11.2 Å². The molecule has 0 saturated carbocycles. The molecule has 0 unspecified atom stereocenters. The number of hydrogen-bond donors (Lipinski definition) is 2. The monoisotopic (exact) mass is 249 g/mol. The number of rotatable bonds is 2. The van der Waals surface area contributed by atoms with E-state index in [1.54, 1.807) is 13.2 Å². The van der Waals surface area contributed by atoms with Crippen molar-refractivity contribution in [1.29, 1.82) is 0 Å². The van der Waals surface area contributed by atoms with Crippen LogP contribution in [0.15, 0.2) is 18.5 Å². The summed E-state index contributed by atoms with van der Waals surface area (Å²) in [6, 6.07) is 2.29. The lowest BCUT2D eigenvalue weighted by atomic mass is 10.3. The van der Waals surface area contributed by atoms with Crippen LogP contribution in [-0.4, -0.2) is 26.9 Å². The highest BCUT2D eigenvalue weighted by Gasteiger charge is 2.07. The predicted octanol–water partition coefficient (Wildman–Crippen LogP) is 1.93. The minimum absolute atomic E-state index is 0.303. The van der Waals surface area contributed by atoms with Crippen molar-refractivity contribution in [2.45, 2.75) is 19.9 Å². The third-order valence-electron chi connectivity index (χ3n) is 2.41. The Kier molecular flexibility index (Phi) is 3.23. The van der Waals surface area contributed by atoms with Gasteiger partial charge in [-0.25, -0.2) is 9.67 Å². The number of pyridine rings is 1. The summed E-state index contributed by atoms with van der Waals surface area (Å²) in [5.74, 6) is 0. The van der Waals surface area contributed by atoms with Crippen LogP contribution in [0.4, 0.5) is 5.69 Å². The van der Waals surface area contributed by atoms with Crippen molar-refractivity contribution in [3.05, 3.63) is 18.5 Å². The summed E-state index contributed by atoms with van der Waals surface area (Å²) in [4.78, 5) is 4.40. The molecule has 2 heterocycles. The Balaban J connectivity index is 2.36. The van der Waals surface area contributed by atoms with Gasteiger partial charge < -0.3 is 10.6 Å². The fraction of sp³-hybridized carbons (Fsp3) is 0.364. The molecule has 0 aliphatic carbocycles. The quantitative estimate of drug-likeness (QED) is 0.796. The Morgan fingerprint density at radius 3 is 2.82 bits per heavy atom. The van der Waals surface area contributed by atoms with Gasteiger partial charge in [0.05, 0.1) is 18.1 Å². The maximum atomic E-state index is 5.04. The lowest BCUT2D eigenvalue weighted by Crippen LogP contribution is -2.24. The van der Waals surface area contributed by atoms with Gasteiger partial charge in [-0.05, 0) is 32.1 Å². The molecule has 0 atom stereocenters. The zero-order chi connectivity index (χ0) is 12.4. The van der Waals surface area contributed by atoms with Gasteiger partial charge in [0.2, 0.25) is 0 Å². The summed E-state index contributed by atoms with van der Waals surface area (Å²) in [5.41, 5.74) is 1.75. The molecule has 0 bridgehead atoms. The predicted molar refractivity (Wildman–Crippen MR) is 73.2 cm³/mol. The first-order valence-electron chi connectivity index (χ1n) is 5.44. The Morgan fingerprint density at radius 1 is 1.41 bits per heavy atom. The van der Waals surface area contributed by atoms with E-state index in [0.717, 1.165) is 16.7 Å². The van der Waals surface area contributed by atoms with E-state index in [4.69, 9.17) is 12.2 Å². The minimum Gasteiger partial charge on any atom is -0.366 e. The van der Waals surface area contributed by atoms with Crippen molar-refractivity contribution in [3.8, 4) is 0 Å². The fourth-order valence-electron chi connectivity index (χ4n) is 1.58. The third kappa shape index (κ3) is 2.36. The highest BCUT2D eigenvalue weighted by atomic mass is 32.1. The van der Waals surface area contributed by atoms with Crippen molar-refractivity contribution in [2.75, 3.05) is 12.4 Å². The highest BCUT2D eigenvalue weighted by Crippen LogP contribution is 2.18. The Labute approximate surface area is 105 Å². The first kappa shape index (κ1) is 11.8. The lowest BCUT2D eigenvalue weighted by molar-refractivity contribution is 0.546. The second-order valence-corrected chi connectivity index (χ2v) is 4.43. The zero-order valence-electron chi connectivity index (χ0n) is 10.1. The van der Waals surface area contributed by atoms with Crippen LogP contribution < -0.4 is 10.6 Å². The summed E-state index contributed by atoms with van der Waals surface area (Å²) in [6.45, 7) is 4.16. The van der Waals surface area contributed by atoms with Crippen LogP contribution >= 0.6 is 12.2 Å². The Hall–Kier alpha value is -1.69. The number of fused-ring (bicyclic) bond motifs is 1. The molecule has 0 aliphatic heterocycles. The molecule has 2 rings (SSSR count). The molecule has 0 saturated heterocycles. The molecule has 2 N–H and O–H groups in total. The molecule has 5 nitrogen and oxygen atoms in total. The molecule has 17 heavy (non-hydrogen) atoms. The molecule has 0 aromatic carbocycles. The van der Waals surface area contributed by atoms with E-state index in [1.807, 2.05) is 16.9 Å². The molecule has 0 radical (unpaired) electrons. The molecule has 0 fully saturated rings. The van der Waals surface area contributed by atoms with Crippen LogP contribution in [0.1, 0.15) is 19.9 Å². The van der Waals surface area contributed by atoms with Gasteiger partial charge in [-0.2, -0.15) is 5.10 Å². The van der Waals surface area contributed by atoms with E-state index in [-0.39, 0.29) is 0 Å². The Morgan fingerprint density at radius 2 is 2.18 bits per heavy atom. The van der Waals surface area contributed by atoms with Gasteiger partial charge in [-0.15, -0.1) is 0 Å². The van der Waals surface area contributed by atoms with E-state index < -0.39 is 0 Å². The fourth-order valence-corrected chi connectivity index (χ4v) is 1.70. The van der Waals surface area contributed by atoms with Crippen LogP contribution in [0.2, 0.25) is 0 Å². The maximum absolute atomic E-state index is 5.04. The van der Waals surface area contributed by atoms with Crippen LogP contribution in [-0.2, 0) is 0 Å². The summed E-state index contributed by atoms with van der Waals surface area (Å²) in [7, 11) is 1.78. The van der Waals surface area contributed by atoms with Gasteiger partial charge in [0.15, 0.2) is 10.8 Å². The molecular formula is C11H15N5S. The average Bonchev–Trinajstić information content (AvgIpc) is 2.71. The summed E-state index contributed by atoms with van der Waals surface area (Å²) < 4.78 is 1.90. The number of thiocarbonyl (C=S) groups is 1. The molecule has 0 spiro atoms. The zero-order valence-corrected chi connectivity index (χ0v) is 10.9. The van der Waals surface area contributed by atoms with E-state index in [9.17, 15) is 0 Å². The SMILES string of the molecule is CNC(=S)Nc1cnc2c(cnn2C(C)C)c1. The first-order valence-corrected chi connectivity index (χ1v) is 5.84. The van der Waals surface area contributed by atoms with Crippen LogP contribution in [0.5, 0.6) is 0 Å². The number of anilines is 1. The largest absolute Gasteiger partial charge is 0.366 e. The van der Waals surface area contributed by atoms with Gasteiger partial charge in [0.25, 0.3) is 0 Å². The normalized spacial score (nSPS) is 10.8. The van der Waals surface area contributed by atoms with Crippen molar-refractivity contribution in [1.82, 2.24) is 20.1 Å². The van der Waals surface area contributed by atoms with Crippen molar-refractivity contribution in [2.24, 2.45) is 0 Å². The molecule has 90 valence electrons. The van der Waals surface area contributed by atoms with E-state index in [2.05, 4.69) is 34.6 Å². The number of aromatic nitrogens is 3. The number of nitrogens with one attached hydrogen (secondary N) is 2. The van der Waals surface area contributed by atoms with Crippen molar-refractivity contribution in [3.63, 3.8) is 0 Å². The topological polar surface area (TPSA) is 54.8 Å². The minimum atomic E-state index is 0.303. The van der Waals surface area contributed by atoms with Crippen LogP contribution in [0.3, 0.4) is 0 Å². The molecular weight excluding hydrogens is 234 g/mol. The molecule has 2 aromatic heterocycles. The van der Waals surface area contributed by atoms with Crippen molar-refractivity contribution < 1.29 is 0 Å². The lowest BCUT2D eigenvalue weighted by Gasteiger charge is -2.08. The molecule has 0 amide bonds. The second kappa shape index (κ2) is 4.67. The number of nitrogens with zero attached hydrogens (tertiary/aromatic N) is 3. The molecule has 6 heteroatoms. The maximum Gasteiger partial charge on any atom is 0.170 e. The summed E-state index contributed by atoms with van der Waals surface area (Å²) in [5, 5.41) is 11.8. The van der Waals surface area contributed by atoms with Gasteiger partial charge in [0, 0.05) is 18.5 Å². The smallest absolute Gasteiger partial charge is 0.170 e. The average molecular weight is 249 g/mol. The second-order valence-electron chi connectivity index (χ2n) is 4.02. The third-order valence-corrected chi connectivity index (χ3v) is 2.71. The van der Waals surface area contributed by atoms with Gasteiger partial charge in [0.1, 0.15) is 0 Å². The Bertz CT molecular complexity index is 546. The van der Waals surface area contributed by atoms with E-state index >= 15 is 0 Å². The molecule has 2 aromatic rings. The van der Waals surface area contributed by atoms with Crippen molar-refractivity contribution >= 4 is 34.1 Å². The van der Waals surface area contributed by atoms with Crippen LogP contribution in [0, 0.1) is 0 Å². The van der Waals surface area contributed by atoms with Gasteiger partial charge in [-0.3, -0.25) is 0 Å². The summed E-state index contributed by atoms with van der Waals surface area (Å²) >= 11 is 5.04. The highest BCUT2D eigenvalue weighted by molar-refractivity contribution is 7.80. The first-order chi connectivity index (χ1) is 8.11. The van der Waals surface area contributed by atoms with Gasteiger partial charge in [-0.1, -0.05) is 0 Å². The van der Waals surface area contributed by atoms with E-state index in [1.165, 1.54) is 0 Å². The van der Waals surface area contributed by atoms with Gasteiger partial charge >= 0.3 is 0 Å². The number of hydrogen-bond acceptors (Lipinski definition) is 3. The summed E-state index contributed by atoms with van der Waals surface area (Å²) in [6.07, 6.45) is 3.57. The standard InChI is InChI=1S/C11H15N5S/c1-7(2)16-10-8(5-14-16)4-9(6-13-10)15-11(17)12-3/h4-7H,1-3H3,(H2,12,15,17).